The number of nitrogens with one attached hydrogen (secondary N) is 1. The number of benzene rings is 3. The van der Waals surface area contributed by atoms with Crippen LogP contribution in [0.5, 0.6) is 5.75 Å². The smallest absolute Gasteiger partial charge is 0.264 e. The van der Waals surface area contributed by atoms with Crippen LogP contribution in [0.15, 0.2) is 71.6 Å². The maximum atomic E-state index is 14.0. The van der Waals surface area contributed by atoms with Gasteiger partial charge in [-0.2, -0.15) is 0 Å². The monoisotopic (exact) mass is 585 g/mol. The van der Waals surface area contributed by atoms with Gasteiger partial charge < -0.3 is 15.0 Å². The molecule has 0 bridgehead atoms. The summed E-state index contributed by atoms with van der Waals surface area (Å²) < 4.78 is 34.6. The maximum absolute atomic E-state index is 14.0. The van der Waals surface area contributed by atoms with E-state index in [1.807, 2.05) is 27.7 Å². The molecule has 0 heterocycles. The lowest BCUT2D eigenvalue weighted by Crippen LogP contribution is -2.52. The van der Waals surface area contributed by atoms with Crippen molar-refractivity contribution in [2.75, 3.05) is 18.0 Å². The van der Waals surface area contributed by atoms with E-state index in [1.165, 1.54) is 24.1 Å². The molecule has 0 aliphatic heterocycles. The lowest BCUT2D eigenvalue weighted by molar-refractivity contribution is -0.139. The molecule has 1 N–H and O–H groups in total. The summed E-state index contributed by atoms with van der Waals surface area (Å²) in [4.78, 5) is 28.4. The molecule has 0 saturated carbocycles. The summed E-state index contributed by atoms with van der Waals surface area (Å²) in [5, 5.41) is 3.32. The van der Waals surface area contributed by atoms with Crippen molar-refractivity contribution in [2.45, 2.75) is 58.1 Å². The quantitative estimate of drug-likeness (QED) is 0.338. The van der Waals surface area contributed by atoms with Crippen molar-refractivity contribution in [3.8, 4) is 5.75 Å². The summed E-state index contributed by atoms with van der Waals surface area (Å²) in [5.74, 6) is -0.627. The molecule has 0 fully saturated rings. The molecule has 0 aromatic heterocycles. The van der Waals surface area contributed by atoms with E-state index in [4.69, 9.17) is 16.3 Å². The number of amides is 2. The van der Waals surface area contributed by atoms with Crippen LogP contribution in [0.25, 0.3) is 0 Å². The number of hydrogen-bond donors (Lipinski definition) is 1. The van der Waals surface area contributed by atoms with Crippen LogP contribution in [-0.4, -0.2) is 50.9 Å². The van der Waals surface area contributed by atoms with Crippen molar-refractivity contribution in [1.29, 1.82) is 0 Å². The Bertz CT molecular complexity index is 1460. The first-order valence-corrected chi connectivity index (χ1v) is 14.7. The molecule has 40 heavy (non-hydrogen) atoms. The normalized spacial score (nSPS) is 12.1. The van der Waals surface area contributed by atoms with E-state index < -0.39 is 28.5 Å². The first kappa shape index (κ1) is 31.0. The molecule has 8 nitrogen and oxygen atoms in total. The number of carbonyl (C=O) groups excluding carboxylic acids is 2. The zero-order valence-electron chi connectivity index (χ0n) is 23.6. The van der Waals surface area contributed by atoms with Gasteiger partial charge in [-0.25, -0.2) is 8.42 Å². The molecule has 0 unspecified atom stereocenters. The zero-order chi connectivity index (χ0) is 29.6. The third-order valence-corrected chi connectivity index (χ3v) is 8.34. The molecule has 0 aliphatic carbocycles. The number of hydrogen-bond acceptors (Lipinski definition) is 5. The third kappa shape index (κ3) is 7.55. The van der Waals surface area contributed by atoms with Gasteiger partial charge in [0, 0.05) is 17.6 Å². The van der Waals surface area contributed by atoms with Crippen LogP contribution in [0.3, 0.4) is 0 Å². The number of rotatable bonds is 11. The van der Waals surface area contributed by atoms with Crippen molar-refractivity contribution >= 4 is 39.1 Å². The topological polar surface area (TPSA) is 96.0 Å². The Morgan fingerprint density at radius 3 is 2.20 bits per heavy atom. The minimum atomic E-state index is -4.21. The molecule has 214 valence electrons. The Morgan fingerprint density at radius 2 is 1.60 bits per heavy atom. The van der Waals surface area contributed by atoms with Gasteiger partial charge in [0.15, 0.2) is 0 Å². The van der Waals surface area contributed by atoms with Gasteiger partial charge in [-0.3, -0.25) is 13.9 Å². The van der Waals surface area contributed by atoms with Gasteiger partial charge in [0.05, 0.1) is 17.7 Å². The average molecular weight is 586 g/mol. The minimum absolute atomic E-state index is 0.0291. The van der Waals surface area contributed by atoms with E-state index in [9.17, 15) is 18.0 Å². The van der Waals surface area contributed by atoms with Crippen LogP contribution >= 0.6 is 11.6 Å². The van der Waals surface area contributed by atoms with E-state index in [0.717, 1.165) is 15.4 Å². The fourth-order valence-electron chi connectivity index (χ4n) is 4.17. The molecule has 0 saturated heterocycles. The minimum Gasteiger partial charge on any atom is -0.495 e. The molecular weight excluding hydrogens is 550 g/mol. The van der Waals surface area contributed by atoms with Crippen LogP contribution in [0.2, 0.25) is 5.02 Å². The predicted molar refractivity (Wildman–Crippen MR) is 158 cm³/mol. The lowest BCUT2D eigenvalue weighted by Gasteiger charge is -2.32. The van der Waals surface area contributed by atoms with E-state index in [1.54, 1.807) is 61.5 Å². The molecule has 2 amide bonds. The molecule has 0 aliphatic rings. The van der Waals surface area contributed by atoms with Crippen molar-refractivity contribution in [2.24, 2.45) is 0 Å². The molecule has 10 heteroatoms. The summed E-state index contributed by atoms with van der Waals surface area (Å²) in [6.07, 6.45) is 0. The first-order valence-electron chi connectivity index (χ1n) is 12.9. The number of sulfonamides is 1. The number of nitrogens with zero attached hydrogens (tertiary/aromatic N) is 2. The highest BCUT2D eigenvalue weighted by atomic mass is 35.5. The van der Waals surface area contributed by atoms with Gasteiger partial charge in [0.1, 0.15) is 18.3 Å². The second-order valence-corrected chi connectivity index (χ2v) is 12.3. The van der Waals surface area contributed by atoms with Gasteiger partial charge in [0.2, 0.25) is 11.8 Å². The Hall–Kier alpha value is -3.56. The molecule has 3 aromatic carbocycles. The highest BCUT2D eigenvalue weighted by Gasteiger charge is 2.34. The summed E-state index contributed by atoms with van der Waals surface area (Å²) in [5.41, 5.74) is 2.60. The number of methoxy groups -OCH3 is 1. The number of anilines is 1. The van der Waals surface area contributed by atoms with E-state index in [-0.39, 0.29) is 29.1 Å². The van der Waals surface area contributed by atoms with Crippen LogP contribution < -0.4 is 14.4 Å². The van der Waals surface area contributed by atoms with Gasteiger partial charge >= 0.3 is 0 Å². The van der Waals surface area contributed by atoms with Gasteiger partial charge in [-0.05, 0) is 82.1 Å². The van der Waals surface area contributed by atoms with Crippen LogP contribution in [-0.2, 0) is 26.2 Å². The lowest BCUT2D eigenvalue weighted by atomic mass is 10.1. The number of aryl methyl sites for hydroxylation is 2. The van der Waals surface area contributed by atoms with Gasteiger partial charge in [-0.15, -0.1) is 0 Å². The fourth-order valence-corrected chi connectivity index (χ4v) is 5.79. The number of ether oxygens (including phenoxy) is 1. The summed E-state index contributed by atoms with van der Waals surface area (Å²) in [7, 11) is -2.77. The highest BCUT2D eigenvalue weighted by molar-refractivity contribution is 7.92. The Labute approximate surface area is 241 Å². The van der Waals surface area contributed by atoms with Crippen LogP contribution in [0.4, 0.5) is 5.69 Å². The third-order valence-electron chi connectivity index (χ3n) is 6.33. The van der Waals surface area contributed by atoms with Crippen molar-refractivity contribution in [3.63, 3.8) is 0 Å². The molecular formula is C30H36ClN3O5S. The fraction of sp³-hybridized carbons (Fsp3) is 0.333. The van der Waals surface area contributed by atoms with Crippen molar-refractivity contribution in [3.05, 3.63) is 88.4 Å². The Balaban J connectivity index is 2.11. The molecule has 3 rings (SSSR count). The Morgan fingerprint density at radius 1 is 0.950 bits per heavy atom. The Kier molecular flexibility index (Phi) is 10.2. The summed E-state index contributed by atoms with van der Waals surface area (Å²) in [6.45, 7) is 8.45. The highest BCUT2D eigenvalue weighted by Crippen LogP contribution is 2.34. The summed E-state index contributed by atoms with van der Waals surface area (Å²) >= 11 is 6.19. The SMILES string of the molecule is COc1ccc(C)cc1N(CC(=O)N(Cc1cccc(Cl)c1)[C@@H](C)C(=O)NC(C)C)S(=O)(=O)c1ccc(C)cc1. The first-order chi connectivity index (χ1) is 18.8. The van der Waals surface area contributed by atoms with Gasteiger partial charge in [0.25, 0.3) is 10.0 Å². The predicted octanol–water partition coefficient (Wildman–Crippen LogP) is 5.10. The zero-order valence-corrected chi connectivity index (χ0v) is 25.2. The molecule has 1 atom stereocenters. The number of carbonyl (C=O) groups is 2. The number of halogens is 1. The molecule has 0 spiro atoms. The van der Waals surface area contributed by atoms with Crippen molar-refractivity contribution < 1.29 is 22.7 Å². The molecule has 3 aromatic rings. The second kappa shape index (κ2) is 13.2. The molecule has 0 radical (unpaired) electrons. The van der Waals surface area contributed by atoms with E-state index >= 15 is 0 Å². The largest absolute Gasteiger partial charge is 0.495 e. The van der Waals surface area contributed by atoms with Crippen molar-refractivity contribution in [1.82, 2.24) is 10.2 Å². The average Bonchev–Trinajstić information content (AvgIpc) is 2.89. The van der Waals surface area contributed by atoms with Crippen LogP contribution in [0.1, 0.15) is 37.5 Å². The maximum Gasteiger partial charge on any atom is 0.264 e. The van der Waals surface area contributed by atoms with Crippen LogP contribution in [0, 0.1) is 13.8 Å². The van der Waals surface area contributed by atoms with E-state index in [2.05, 4.69) is 5.32 Å². The second-order valence-electron chi connectivity index (χ2n) is 9.99. The summed E-state index contributed by atoms with van der Waals surface area (Å²) in [6, 6.07) is 17.5. The van der Waals surface area contributed by atoms with E-state index in [0.29, 0.717) is 16.3 Å². The standard InChI is InChI=1S/C30H36ClN3O5S/c1-20(2)32-30(36)23(5)33(18-24-8-7-9-25(31)17-24)29(35)19-34(27-16-22(4)12-15-28(27)39-6)40(37,38)26-13-10-21(3)11-14-26/h7-17,20,23H,18-19H2,1-6H3,(H,32,36)/t23-/m0/s1. The van der Waals surface area contributed by atoms with Gasteiger partial charge in [-0.1, -0.05) is 47.5 Å².